The van der Waals surface area contributed by atoms with Gasteiger partial charge in [0.25, 0.3) is 0 Å². The second-order valence-corrected chi connectivity index (χ2v) is 12.0. The van der Waals surface area contributed by atoms with Crippen LogP contribution in [0.3, 0.4) is 0 Å². The summed E-state index contributed by atoms with van der Waals surface area (Å²) in [5.41, 5.74) is 0.508. The van der Waals surface area contributed by atoms with Crippen molar-refractivity contribution in [3.05, 3.63) is 58.0 Å². The number of sulfonamides is 1. The van der Waals surface area contributed by atoms with Crippen LogP contribution in [0, 0.1) is 0 Å². The van der Waals surface area contributed by atoms with E-state index in [0.717, 1.165) is 43.1 Å². The van der Waals surface area contributed by atoms with Crippen LogP contribution < -0.4 is 0 Å². The van der Waals surface area contributed by atoms with Crippen molar-refractivity contribution in [2.45, 2.75) is 48.2 Å². The van der Waals surface area contributed by atoms with Crippen molar-refractivity contribution in [1.82, 2.24) is 19.1 Å². The van der Waals surface area contributed by atoms with Gasteiger partial charge in [-0.25, -0.2) is 8.42 Å². The van der Waals surface area contributed by atoms with Crippen molar-refractivity contribution in [3.63, 3.8) is 0 Å². The highest BCUT2D eigenvalue weighted by Crippen LogP contribution is 2.39. The molecular weight excluding hydrogens is 464 g/mol. The second-order valence-electron chi connectivity index (χ2n) is 8.10. The summed E-state index contributed by atoms with van der Waals surface area (Å²) in [5.74, 6) is 1.13. The number of benzene rings is 1. The first-order valence-electron chi connectivity index (χ1n) is 10.7. The summed E-state index contributed by atoms with van der Waals surface area (Å²) >= 11 is 3.10. The number of nitrogens with zero attached hydrogens (tertiary/aromatic N) is 4. The van der Waals surface area contributed by atoms with Crippen molar-refractivity contribution in [3.8, 4) is 0 Å². The summed E-state index contributed by atoms with van der Waals surface area (Å²) in [7, 11) is -3.47. The van der Waals surface area contributed by atoms with Gasteiger partial charge >= 0.3 is 0 Å². The Balaban J connectivity index is 1.25. The van der Waals surface area contributed by atoms with E-state index in [2.05, 4.69) is 26.2 Å². The Labute approximate surface area is 195 Å². The molecule has 1 aliphatic carbocycles. The van der Waals surface area contributed by atoms with E-state index >= 15 is 0 Å². The number of rotatable bonds is 9. The van der Waals surface area contributed by atoms with E-state index in [0.29, 0.717) is 24.7 Å². The fourth-order valence-corrected chi connectivity index (χ4v) is 7.04. The Morgan fingerprint density at radius 2 is 1.84 bits per heavy atom. The first-order valence-corrected chi connectivity index (χ1v) is 14.1. The molecule has 0 spiro atoms. The number of aromatic nitrogens is 3. The third-order valence-corrected chi connectivity index (χ3v) is 9.50. The highest BCUT2D eigenvalue weighted by molar-refractivity contribution is 7.99. The molecule has 0 radical (unpaired) electrons. The summed E-state index contributed by atoms with van der Waals surface area (Å²) < 4.78 is 29.0. The molecule has 3 heterocycles. The van der Waals surface area contributed by atoms with Crippen molar-refractivity contribution in [2.24, 2.45) is 0 Å². The maximum absolute atomic E-state index is 12.8. The lowest BCUT2D eigenvalue weighted by Gasteiger charge is -2.15. The van der Waals surface area contributed by atoms with Gasteiger partial charge in [0.15, 0.2) is 10.9 Å². The van der Waals surface area contributed by atoms with E-state index < -0.39 is 10.0 Å². The fraction of sp³-hybridized carbons (Fsp3) is 0.409. The molecule has 0 unspecified atom stereocenters. The highest BCUT2D eigenvalue weighted by Gasteiger charge is 2.30. The molecule has 1 saturated heterocycles. The maximum atomic E-state index is 12.8. The zero-order chi connectivity index (χ0) is 22.1. The molecule has 3 aromatic rings. The molecule has 1 saturated carbocycles. The van der Waals surface area contributed by atoms with Gasteiger partial charge in [-0.05, 0) is 49.3 Å². The molecule has 7 nitrogen and oxygen atoms in total. The number of Topliss-reactive ketones (excluding diaryl/α,β-unsaturated/α-hetero) is 1. The number of carbonyl (C=O) groups is 1. The Kier molecular flexibility index (Phi) is 6.20. The predicted molar refractivity (Wildman–Crippen MR) is 125 cm³/mol. The number of thioether (sulfide) groups is 1. The molecule has 32 heavy (non-hydrogen) atoms. The van der Waals surface area contributed by atoms with Crippen LogP contribution in [-0.2, 0) is 16.4 Å². The molecule has 2 aromatic heterocycles. The Morgan fingerprint density at radius 3 is 2.50 bits per heavy atom. The SMILES string of the molecule is O=C(CSc1nnc(Cc2cccs2)n1C1CC1)c1ccc(S(=O)(=O)N2CCCC2)cc1. The molecule has 0 amide bonds. The highest BCUT2D eigenvalue weighted by atomic mass is 32.2. The molecule has 1 aromatic carbocycles. The van der Waals surface area contributed by atoms with Gasteiger partial charge in [0.05, 0.1) is 10.6 Å². The molecule has 1 aliphatic heterocycles. The lowest BCUT2D eigenvalue weighted by molar-refractivity contribution is 0.102. The Morgan fingerprint density at radius 1 is 1.09 bits per heavy atom. The summed E-state index contributed by atoms with van der Waals surface area (Å²) in [6.07, 6.45) is 4.78. The van der Waals surface area contributed by atoms with Gasteiger partial charge in [0.2, 0.25) is 10.0 Å². The van der Waals surface area contributed by atoms with Crippen molar-refractivity contribution >= 4 is 38.9 Å². The molecule has 168 valence electrons. The van der Waals surface area contributed by atoms with Gasteiger partial charge in [0.1, 0.15) is 5.82 Å². The number of thiophene rings is 1. The quantitative estimate of drug-likeness (QED) is 0.334. The van der Waals surface area contributed by atoms with E-state index in [4.69, 9.17) is 0 Å². The first-order chi connectivity index (χ1) is 15.5. The fourth-order valence-electron chi connectivity index (χ4n) is 3.90. The number of hydrogen-bond donors (Lipinski definition) is 0. The van der Waals surface area contributed by atoms with Crippen LogP contribution in [0.25, 0.3) is 0 Å². The summed E-state index contributed by atoms with van der Waals surface area (Å²) in [4.78, 5) is 14.3. The van der Waals surface area contributed by atoms with Crippen LogP contribution in [0.2, 0.25) is 0 Å². The molecule has 2 fully saturated rings. The van der Waals surface area contributed by atoms with E-state index in [-0.39, 0.29) is 16.4 Å². The third kappa shape index (κ3) is 4.54. The second kappa shape index (κ2) is 9.09. The minimum atomic E-state index is -3.47. The van der Waals surface area contributed by atoms with Crippen molar-refractivity contribution in [1.29, 1.82) is 0 Å². The van der Waals surface area contributed by atoms with Gasteiger partial charge in [-0.2, -0.15) is 4.31 Å². The van der Waals surface area contributed by atoms with Crippen LogP contribution in [-0.4, -0.2) is 52.1 Å². The lowest BCUT2D eigenvalue weighted by atomic mass is 10.1. The van der Waals surface area contributed by atoms with Crippen LogP contribution in [0.5, 0.6) is 0 Å². The average molecular weight is 489 g/mol. The zero-order valence-electron chi connectivity index (χ0n) is 17.5. The van der Waals surface area contributed by atoms with Crippen molar-refractivity contribution < 1.29 is 13.2 Å². The van der Waals surface area contributed by atoms with Gasteiger partial charge < -0.3 is 4.57 Å². The van der Waals surface area contributed by atoms with Crippen LogP contribution >= 0.6 is 23.1 Å². The van der Waals surface area contributed by atoms with E-state index in [9.17, 15) is 13.2 Å². The monoisotopic (exact) mass is 488 g/mol. The molecular formula is C22H24N4O3S3. The topological polar surface area (TPSA) is 85.2 Å². The third-order valence-electron chi connectivity index (χ3n) is 5.77. The number of hydrogen-bond acceptors (Lipinski definition) is 7. The minimum Gasteiger partial charge on any atom is -0.303 e. The Bertz CT molecular complexity index is 1190. The first kappa shape index (κ1) is 21.8. The average Bonchev–Trinajstić information content (AvgIpc) is 3.20. The molecule has 5 rings (SSSR count). The van der Waals surface area contributed by atoms with E-state index in [1.54, 1.807) is 23.5 Å². The van der Waals surface area contributed by atoms with E-state index in [1.165, 1.54) is 33.1 Å². The molecule has 0 bridgehead atoms. The number of ketones is 1. The van der Waals surface area contributed by atoms with Gasteiger partial charge in [0, 0.05) is 36.0 Å². The molecule has 2 aliphatic rings. The minimum absolute atomic E-state index is 0.0507. The summed E-state index contributed by atoms with van der Waals surface area (Å²) in [5, 5.41) is 11.6. The van der Waals surface area contributed by atoms with E-state index in [1.807, 2.05) is 6.07 Å². The zero-order valence-corrected chi connectivity index (χ0v) is 20.0. The van der Waals surface area contributed by atoms with Gasteiger partial charge in [-0.3, -0.25) is 4.79 Å². The largest absolute Gasteiger partial charge is 0.303 e. The summed E-state index contributed by atoms with van der Waals surface area (Å²) in [6.45, 7) is 1.13. The standard InChI is InChI=1S/C22H24N4O3S3/c27-20(16-5-9-19(10-6-16)32(28,29)25-11-1-2-12-25)15-31-22-24-23-21(26(22)17-7-8-17)14-18-4-3-13-30-18/h3-6,9-10,13,17H,1-2,7-8,11-12,14-15H2. The van der Waals surface area contributed by atoms with Crippen LogP contribution in [0.4, 0.5) is 0 Å². The van der Waals surface area contributed by atoms with Gasteiger partial charge in [-0.1, -0.05) is 30.0 Å². The molecule has 0 N–H and O–H groups in total. The maximum Gasteiger partial charge on any atom is 0.243 e. The normalized spacial score (nSPS) is 17.1. The lowest BCUT2D eigenvalue weighted by Crippen LogP contribution is -2.27. The van der Waals surface area contributed by atoms with Crippen LogP contribution in [0.1, 0.15) is 52.8 Å². The summed E-state index contributed by atoms with van der Waals surface area (Å²) in [6, 6.07) is 10.9. The van der Waals surface area contributed by atoms with Gasteiger partial charge in [-0.15, -0.1) is 21.5 Å². The Hall–Kier alpha value is -2.01. The molecule has 0 atom stereocenters. The molecule has 10 heteroatoms. The van der Waals surface area contributed by atoms with Crippen molar-refractivity contribution in [2.75, 3.05) is 18.8 Å². The van der Waals surface area contributed by atoms with Crippen LogP contribution in [0.15, 0.2) is 51.8 Å². The number of carbonyl (C=O) groups excluding carboxylic acids is 1. The smallest absolute Gasteiger partial charge is 0.243 e. The predicted octanol–water partition coefficient (Wildman–Crippen LogP) is 4.02.